The van der Waals surface area contributed by atoms with Crippen LogP contribution in [-0.4, -0.2) is 41.8 Å². The summed E-state index contributed by atoms with van der Waals surface area (Å²) in [6.45, 7) is 15.5. The molecular formula is C31H42FNO4Si. The molecule has 3 rings (SSSR count). The fourth-order valence-electron chi connectivity index (χ4n) is 4.75. The Labute approximate surface area is 227 Å². The molecule has 0 bridgehead atoms. The number of hydrogen-bond donors (Lipinski definition) is 2. The highest BCUT2D eigenvalue weighted by atomic mass is 28.4. The average Bonchev–Trinajstić information content (AvgIpc) is 3.18. The summed E-state index contributed by atoms with van der Waals surface area (Å²) in [6.07, 6.45) is 0.953. The molecule has 0 amide bonds. The maximum atomic E-state index is 13.9. The van der Waals surface area contributed by atoms with Crippen molar-refractivity contribution in [2.24, 2.45) is 0 Å². The lowest BCUT2D eigenvalue weighted by Gasteiger charge is -2.39. The first kappa shape index (κ1) is 29.8. The standard InChI is InChI=1S/C31H42FNO4Si/c1-21(2)28-27(30(35)36)26(22-11-9-8-10-12-22)29(23-13-15-24(32)16-14-23)33(28)19-17-25(18-20-34)37-38(6,7)31(3,4)5/h8-16,21,25,34H,17-20H2,1-7H3,(H,35,36)/t25-/m1/s1. The number of benzene rings is 2. The first-order valence-corrected chi connectivity index (χ1v) is 16.3. The van der Waals surface area contributed by atoms with Gasteiger partial charge in [-0.05, 0) is 72.3 Å². The van der Waals surface area contributed by atoms with E-state index < -0.39 is 14.3 Å². The predicted octanol–water partition coefficient (Wildman–Crippen LogP) is 7.95. The van der Waals surface area contributed by atoms with E-state index >= 15 is 0 Å². The number of aromatic carboxylic acids is 1. The van der Waals surface area contributed by atoms with Crippen molar-refractivity contribution in [3.05, 3.63) is 71.7 Å². The molecule has 0 radical (unpaired) electrons. The Morgan fingerprint density at radius 1 is 1.00 bits per heavy atom. The van der Waals surface area contributed by atoms with Gasteiger partial charge in [0, 0.05) is 30.5 Å². The number of rotatable bonds is 11. The third-order valence-electron chi connectivity index (χ3n) is 7.64. The molecule has 0 unspecified atom stereocenters. The molecule has 2 aromatic carbocycles. The van der Waals surface area contributed by atoms with Crippen LogP contribution >= 0.6 is 0 Å². The molecule has 3 aromatic rings. The van der Waals surface area contributed by atoms with Crippen molar-refractivity contribution in [1.82, 2.24) is 4.57 Å². The van der Waals surface area contributed by atoms with Crippen LogP contribution in [0.2, 0.25) is 18.1 Å². The number of carboxylic acids is 1. The second-order valence-corrected chi connectivity index (χ2v) is 16.5. The van der Waals surface area contributed by atoms with E-state index in [4.69, 9.17) is 4.43 Å². The molecule has 38 heavy (non-hydrogen) atoms. The molecule has 0 aliphatic carbocycles. The summed E-state index contributed by atoms with van der Waals surface area (Å²) in [5.41, 5.74) is 3.95. The predicted molar refractivity (Wildman–Crippen MR) is 155 cm³/mol. The molecule has 0 saturated heterocycles. The Hall–Kier alpha value is -2.74. The number of aliphatic hydroxyl groups excluding tert-OH is 1. The zero-order valence-corrected chi connectivity index (χ0v) is 24.7. The van der Waals surface area contributed by atoms with E-state index in [-0.39, 0.29) is 35.0 Å². The normalized spacial score (nSPS) is 13.2. The van der Waals surface area contributed by atoms with Crippen molar-refractivity contribution < 1.29 is 23.8 Å². The van der Waals surface area contributed by atoms with Crippen LogP contribution in [0.25, 0.3) is 22.4 Å². The monoisotopic (exact) mass is 539 g/mol. The molecule has 0 aliphatic rings. The number of halogens is 1. The van der Waals surface area contributed by atoms with Gasteiger partial charge in [0.15, 0.2) is 8.32 Å². The topological polar surface area (TPSA) is 71.7 Å². The summed E-state index contributed by atoms with van der Waals surface area (Å²) < 4.78 is 22.7. The number of aromatic nitrogens is 1. The Kier molecular flexibility index (Phi) is 9.39. The van der Waals surface area contributed by atoms with Gasteiger partial charge in [0.05, 0.1) is 11.3 Å². The first-order valence-electron chi connectivity index (χ1n) is 13.4. The zero-order valence-electron chi connectivity index (χ0n) is 23.7. The number of aliphatic hydroxyl groups is 1. The summed E-state index contributed by atoms with van der Waals surface area (Å²) >= 11 is 0. The third kappa shape index (κ3) is 6.45. The maximum Gasteiger partial charge on any atom is 0.338 e. The lowest BCUT2D eigenvalue weighted by Crippen LogP contribution is -2.44. The zero-order chi connectivity index (χ0) is 28.3. The second-order valence-electron chi connectivity index (χ2n) is 11.8. The van der Waals surface area contributed by atoms with Crippen LogP contribution < -0.4 is 0 Å². The summed E-state index contributed by atoms with van der Waals surface area (Å²) in [4.78, 5) is 12.8. The summed E-state index contributed by atoms with van der Waals surface area (Å²) in [7, 11) is -2.10. The molecule has 7 heteroatoms. The molecule has 1 atom stereocenters. The van der Waals surface area contributed by atoms with Gasteiger partial charge in [-0.3, -0.25) is 0 Å². The van der Waals surface area contributed by atoms with Crippen molar-refractivity contribution >= 4 is 14.3 Å². The number of hydrogen-bond acceptors (Lipinski definition) is 3. The molecular weight excluding hydrogens is 497 g/mol. The van der Waals surface area contributed by atoms with E-state index in [1.807, 2.05) is 44.2 Å². The van der Waals surface area contributed by atoms with E-state index in [9.17, 15) is 19.4 Å². The molecule has 0 fully saturated rings. The molecule has 2 N–H and O–H groups in total. The molecule has 206 valence electrons. The minimum atomic E-state index is -2.10. The molecule has 1 aromatic heterocycles. The van der Waals surface area contributed by atoms with Crippen molar-refractivity contribution in [3.8, 4) is 22.4 Å². The van der Waals surface area contributed by atoms with Gasteiger partial charge in [-0.2, -0.15) is 0 Å². The summed E-state index contributed by atoms with van der Waals surface area (Å²) in [5.74, 6) is -1.41. The van der Waals surface area contributed by atoms with Gasteiger partial charge < -0.3 is 19.2 Å². The van der Waals surface area contributed by atoms with Crippen LogP contribution in [0.4, 0.5) is 4.39 Å². The van der Waals surface area contributed by atoms with Gasteiger partial charge >= 0.3 is 5.97 Å². The van der Waals surface area contributed by atoms with Crippen LogP contribution in [0.3, 0.4) is 0 Å². The van der Waals surface area contributed by atoms with E-state index in [0.717, 1.165) is 22.5 Å². The maximum absolute atomic E-state index is 13.9. The van der Waals surface area contributed by atoms with Crippen molar-refractivity contribution in [2.45, 2.75) is 84.2 Å². The average molecular weight is 540 g/mol. The highest BCUT2D eigenvalue weighted by molar-refractivity contribution is 6.74. The van der Waals surface area contributed by atoms with Crippen molar-refractivity contribution in [3.63, 3.8) is 0 Å². The fraction of sp³-hybridized carbons (Fsp3) is 0.452. The SMILES string of the molecule is CC(C)c1c(C(=O)O)c(-c2ccccc2)c(-c2ccc(F)cc2)n1CC[C@H](CCO)O[Si](C)(C)C(C)(C)C. The van der Waals surface area contributed by atoms with Crippen LogP contribution in [0.1, 0.15) is 69.4 Å². The van der Waals surface area contributed by atoms with Crippen molar-refractivity contribution in [2.75, 3.05) is 6.61 Å². The fourth-order valence-corrected chi connectivity index (χ4v) is 6.18. The van der Waals surface area contributed by atoms with E-state index in [0.29, 0.717) is 24.9 Å². The summed E-state index contributed by atoms with van der Waals surface area (Å²) in [6, 6.07) is 15.8. The molecule has 1 heterocycles. The number of carbonyl (C=O) groups is 1. The van der Waals surface area contributed by atoms with Gasteiger partial charge in [0.25, 0.3) is 0 Å². The minimum Gasteiger partial charge on any atom is -0.478 e. The van der Waals surface area contributed by atoms with E-state index in [1.54, 1.807) is 12.1 Å². The van der Waals surface area contributed by atoms with Gasteiger partial charge in [0.2, 0.25) is 0 Å². The van der Waals surface area contributed by atoms with E-state index in [1.165, 1.54) is 12.1 Å². The molecule has 0 aliphatic heterocycles. The van der Waals surface area contributed by atoms with Gasteiger partial charge in [-0.25, -0.2) is 9.18 Å². The quantitative estimate of drug-likeness (QED) is 0.243. The van der Waals surface area contributed by atoms with Crippen LogP contribution in [0.5, 0.6) is 0 Å². The second kappa shape index (κ2) is 12.0. The minimum absolute atomic E-state index is 0.0163. The smallest absolute Gasteiger partial charge is 0.338 e. The Morgan fingerprint density at radius 3 is 2.11 bits per heavy atom. The Morgan fingerprint density at radius 2 is 1.61 bits per heavy atom. The number of carboxylic acid groups (broad SMARTS) is 1. The Bertz CT molecular complexity index is 1230. The highest BCUT2D eigenvalue weighted by Gasteiger charge is 2.39. The van der Waals surface area contributed by atoms with Crippen LogP contribution in [0, 0.1) is 5.82 Å². The molecule has 5 nitrogen and oxygen atoms in total. The van der Waals surface area contributed by atoms with Crippen molar-refractivity contribution in [1.29, 1.82) is 0 Å². The Balaban J connectivity index is 2.22. The molecule has 0 saturated carbocycles. The lowest BCUT2D eigenvalue weighted by molar-refractivity contribution is 0.0695. The highest BCUT2D eigenvalue weighted by Crippen LogP contribution is 2.43. The number of nitrogens with zero attached hydrogens (tertiary/aromatic N) is 1. The van der Waals surface area contributed by atoms with Gasteiger partial charge in [-0.1, -0.05) is 65.0 Å². The summed E-state index contributed by atoms with van der Waals surface area (Å²) in [5, 5.41) is 20.3. The van der Waals surface area contributed by atoms with Crippen LogP contribution in [0.15, 0.2) is 54.6 Å². The largest absolute Gasteiger partial charge is 0.478 e. The third-order valence-corrected chi connectivity index (χ3v) is 12.2. The first-order chi connectivity index (χ1) is 17.8. The van der Waals surface area contributed by atoms with Gasteiger partial charge in [-0.15, -0.1) is 0 Å². The lowest BCUT2D eigenvalue weighted by atomic mass is 9.95. The van der Waals surface area contributed by atoms with Crippen LogP contribution in [-0.2, 0) is 11.0 Å². The molecule has 0 spiro atoms. The van der Waals surface area contributed by atoms with Gasteiger partial charge in [0.1, 0.15) is 5.82 Å². The van der Waals surface area contributed by atoms with E-state index in [2.05, 4.69) is 38.4 Å².